The highest BCUT2D eigenvalue weighted by molar-refractivity contribution is 6.03. The molecular weight excluding hydrogens is 462 g/mol. The van der Waals surface area contributed by atoms with Crippen molar-refractivity contribution in [2.24, 2.45) is 0 Å². The first kappa shape index (κ1) is 23.7. The molecule has 0 aliphatic carbocycles. The molecule has 0 unspecified atom stereocenters. The number of carboxylic acid groups (broad SMARTS) is 1. The molecule has 2 saturated heterocycles. The van der Waals surface area contributed by atoms with Gasteiger partial charge in [-0.1, -0.05) is 6.07 Å². The summed E-state index contributed by atoms with van der Waals surface area (Å²) in [6.07, 6.45) is -0.899. The molecule has 2 aliphatic rings. The minimum atomic E-state index is -0.899. The van der Waals surface area contributed by atoms with E-state index in [4.69, 9.17) is 9.52 Å². The molecule has 0 saturated carbocycles. The van der Waals surface area contributed by atoms with Crippen molar-refractivity contribution in [2.75, 3.05) is 74.5 Å². The van der Waals surface area contributed by atoms with E-state index in [1.54, 1.807) is 18.2 Å². The van der Waals surface area contributed by atoms with E-state index in [9.17, 15) is 14.4 Å². The van der Waals surface area contributed by atoms with Gasteiger partial charge in [-0.3, -0.25) is 9.59 Å². The third kappa shape index (κ3) is 4.85. The van der Waals surface area contributed by atoms with Gasteiger partial charge >= 0.3 is 6.09 Å². The van der Waals surface area contributed by atoms with Crippen LogP contribution < -0.4 is 20.5 Å². The van der Waals surface area contributed by atoms with Crippen molar-refractivity contribution in [2.45, 2.75) is 0 Å². The summed E-state index contributed by atoms with van der Waals surface area (Å²) in [5.74, 6) is -0.534. The molecule has 10 nitrogen and oxygen atoms in total. The number of hydrogen-bond acceptors (Lipinski definition) is 7. The molecular formula is C26H29N5O5. The lowest BCUT2D eigenvalue weighted by Gasteiger charge is -2.34. The molecule has 2 aromatic carbocycles. The Labute approximate surface area is 208 Å². The number of hydrogen-bond donors (Lipinski definition) is 2. The molecule has 0 spiro atoms. The monoisotopic (exact) mass is 491 g/mol. The molecule has 0 atom stereocenters. The van der Waals surface area contributed by atoms with Crippen LogP contribution in [0.25, 0.3) is 11.0 Å². The molecule has 1 aromatic heterocycles. The Morgan fingerprint density at radius 2 is 1.56 bits per heavy atom. The molecule has 3 heterocycles. The van der Waals surface area contributed by atoms with Crippen LogP contribution in [0.15, 0.2) is 57.7 Å². The van der Waals surface area contributed by atoms with Gasteiger partial charge in [0.1, 0.15) is 0 Å². The van der Waals surface area contributed by atoms with Gasteiger partial charge in [0.2, 0.25) is 0 Å². The summed E-state index contributed by atoms with van der Waals surface area (Å²) in [6, 6.07) is 14.1. The zero-order chi connectivity index (χ0) is 25.2. The summed E-state index contributed by atoms with van der Waals surface area (Å²) in [6.45, 7) is 5.56. The highest BCUT2D eigenvalue weighted by Gasteiger charge is 2.22. The van der Waals surface area contributed by atoms with Crippen molar-refractivity contribution in [1.29, 1.82) is 0 Å². The highest BCUT2D eigenvalue weighted by Crippen LogP contribution is 2.27. The molecule has 2 fully saturated rings. The van der Waals surface area contributed by atoms with Gasteiger partial charge in [-0.15, -0.1) is 0 Å². The molecule has 0 bridgehead atoms. The van der Waals surface area contributed by atoms with E-state index in [1.807, 2.05) is 24.3 Å². The Morgan fingerprint density at radius 1 is 0.889 bits per heavy atom. The molecule has 188 valence electrons. The van der Waals surface area contributed by atoms with E-state index in [0.29, 0.717) is 42.8 Å². The van der Waals surface area contributed by atoms with Crippen LogP contribution in [0.5, 0.6) is 0 Å². The first-order chi connectivity index (χ1) is 17.4. The van der Waals surface area contributed by atoms with Crippen LogP contribution in [0.2, 0.25) is 0 Å². The fourth-order valence-corrected chi connectivity index (χ4v) is 4.67. The summed E-state index contributed by atoms with van der Waals surface area (Å²) in [7, 11) is 2.08. The number of nitrogens with zero attached hydrogens (tertiary/aromatic N) is 4. The Bertz CT molecular complexity index is 1320. The molecule has 10 heteroatoms. The van der Waals surface area contributed by atoms with E-state index in [-0.39, 0.29) is 11.2 Å². The molecule has 0 radical (unpaired) electrons. The molecule has 2 N–H and O–H groups in total. The molecule has 5 rings (SSSR count). The van der Waals surface area contributed by atoms with E-state index in [2.05, 4.69) is 27.1 Å². The zero-order valence-corrected chi connectivity index (χ0v) is 20.1. The van der Waals surface area contributed by atoms with E-state index < -0.39 is 12.0 Å². The molecule has 2 aliphatic heterocycles. The van der Waals surface area contributed by atoms with Crippen LogP contribution in [0.1, 0.15) is 10.6 Å². The second kappa shape index (κ2) is 9.90. The lowest BCUT2D eigenvalue weighted by atomic mass is 10.1. The van der Waals surface area contributed by atoms with Crippen LogP contribution in [0, 0.1) is 0 Å². The van der Waals surface area contributed by atoms with Gasteiger partial charge in [0.15, 0.2) is 16.8 Å². The largest absolute Gasteiger partial charge is 0.465 e. The lowest BCUT2D eigenvalue weighted by molar-refractivity contribution is 0.0997. The van der Waals surface area contributed by atoms with Gasteiger partial charge in [0.05, 0.1) is 11.1 Å². The number of piperazine rings is 2. The number of anilines is 3. The number of fused-ring (bicyclic) bond motifs is 1. The van der Waals surface area contributed by atoms with Crippen LogP contribution in [-0.2, 0) is 0 Å². The Morgan fingerprint density at radius 3 is 2.22 bits per heavy atom. The van der Waals surface area contributed by atoms with E-state index in [1.165, 1.54) is 11.0 Å². The van der Waals surface area contributed by atoms with Gasteiger partial charge < -0.3 is 34.4 Å². The second-order valence-electron chi connectivity index (χ2n) is 9.18. The fraction of sp³-hybridized carbons (Fsp3) is 0.346. The topological polar surface area (TPSA) is 110 Å². The minimum absolute atomic E-state index is 0.0389. The lowest BCUT2D eigenvalue weighted by Crippen LogP contribution is -2.48. The maximum Gasteiger partial charge on any atom is 0.407 e. The van der Waals surface area contributed by atoms with E-state index >= 15 is 0 Å². The third-order valence-electron chi connectivity index (χ3n) is 6.84. The standard InChI is InChI=1S/C26H29N5O5/c1-28-9-11-30(12-10-28)21-4-2-3-20-22(32)17-23(36-24(20)21)25(33)27-18-5-7-19(8-6-18)29-13-15-31(16-14-29)26(34)35/h2-8,17H,9-16H2,1H3,(H,27,33)(H,34,35). The highest BCUT2D eigenvalue weighted by atomic mass is 16.4. The summed E-state index contributed by atoms with van der Waals surface area (Å²) >= 11 is 0. The van der Waals surface area contributed by atoms with Crippen molar-refractivity contribution in [3.8, 4) is 0 Å². The summed E-state index contributed by atoms with van der Waals surface area (Å²) in [5.41, 5.74) is 2.51. The van der Waals surface area contributed by atoms with Crippen LogP contribution in [0.4, 0.5) is 21.9 Å². The number of carbonyl (C=O) groups is 2. The maximum atomic E-state index is 13.0. The van der Waals surface area contributed by atoms with Crippen LogP contribution in [-0.4, -0.2) is 86.3 Å². The number of rotatable bonds is 4. The Kier molecular flexibility index (Phi) is 6.51. The fourth-order valence-electron chi connectivity index (χ4n) is 4.67. The molecule has 3 aromatic rings. The van der Waals surface area contributed by atoms with E-state index in [0.717, 1.165) is 37.6 Å². The number of carbonyl (C=O) groups excluding carboxylic acids is 1. The average molecular weight is 492 g/mol. The molecule has 2 amide bonds. The number of benzene rings is 2. The van der Waals surface area contributed by atoms with Crippen molar-refractivity contribution in [3.63, 3.8) is 0 Å². The SMILES string of the molecule is CN1CCN(c2cccc3c(=O)cc(C(=O)Nc4ccc(N5CCN(C(=O)O)CC5)cc4)oc23)CC1. The zero-order valence-electron chi connectivity index (χ0n) is 20.1. The van der Waals surface area contributed by atoms with Crippen molar-refractivity contribution >= 4 is 40.0 Å². The summed E-state index contributed by atoms with van der Waals surface area (Å²) in [5, 5.41) is 12.4. The maximum absolute atomic E-state index is 13.0. The predicted octanol–water partition coefficient (Wildman–Crippen LogP) is 2.60. The number of nitrogens with one attached hydrogen (secondary N) is 1. The summed E-state index contributed by atoms with van der Waals surface area (Å²) in [4.78, 5) is 44.8. The van der Waals surface area contributed by atoms with Crippen LogP contribution in [0.3, 0.4) is 0 Å². The first-order valence-electron chi connectivity index (χ1n) is 12.0. The van der Waals surface area contributed by atoms with Gasteiger partial charge in [-0.05, 0) is 43.4 Å². The van der Waals surface area contributed by atoms with Crippen molar-refractivity contribution in [3.05, 3.63) is 64.5 Å². The van der Waals surface area contributed by atoms with Gasteiger partial charge in [-0.2, -0.15) is 0 Å². The van der Waals surface area contributed by atoms with Crippen molar-refractivity contribution in [1.82, 2.24) is 9.80 Å². The second-order valence-corrected chi connectivity index (χ2v) is 9.18. The number of para-hydroxylation sites is 1. The minimum Gasteiger partial charge on any atom is -0.465 e. The van der Waals surface area contributed by atoms with Gasteiger partial charge in [-0.25, -0.2) is 4.79 Å². The number of amides is 2. The predicted molar refractivity (Wildman–Crippen MR) is 138 cm³/mol. The van der Waals surface area contributed by atoms with Crippen LogP contribution >= 0.6 is 0 Å². The Hall–Kier alpha value is -4.05. The normalized spacial score (nSPS) is 16.9. The summed E-state index contributed by atoms with van der Waals surface area (Å²) < 4.78 is 6.01. The Balaban J connectivity index is 1.32. The van der Waals surface area contributed by atoms with Crippen molar-refractivity contribution < 1.29 is 19.1 Å². The first-order valence-corrected chi connectivity index (χ1v) is 12.0. The third-order valence-corrected chi connectivity index (χ3v) is 6.84. The average Bonchev–Trinajstić information content (AvgIpc) is 2.89. The smallest absolute Gasteiger partial charge is 0.407 e. The quantitative estimate of drug-likeness (QED) is 0.573. The number of likely N-dealkylation sites (N-methyl/N-ethyl adjacent to an activating group) is 1. The molecule has 36 heavy (non-hydrogen) atoms. The van der Waals surface area contributed by atoms with Gasteiger partial charge in [0, 0.05) is 69.8 Å². The van der Waals surface area contributed by atoms with Gasteiger partial charge in [0.25, 0.3) is 5.91 Å².